The first-order chi connectivity index (χ1) is 13.0. The van der Waals surface area contributed by atoms with Crippen LogP contribution in [0.5, 0.6) is 5.75 Å². The molecule has 2 aromatic carbocycles. The van der Waals surface area contributed by atoms with Crippen LogP contribution in [0.3, 0.4) is 0 Å². The highest BCUT2D eigenvalue weighted by Crippen LogP contribution is 2.30. The standard InChI is InChI=1S/C20H21N3O4/c1-13-2-10-17(11-3-13)27-12-18(24)22-23-20(26)15-6-8-16(9-7-15)21-19(25)14-4-5-14/h2-3,6-11,14H,4-5,12H2,1H3,(H,21,25)(H,22,24)(H,23,26). The van der Waals surface area contributed by atoms with Crippen LogP contribution in [0.15, 0.2) is 48.5 Å². The maximum absolute atomic E-state index is 12.1. The van der Waals surface area contributed by atoms with Crippen LogP contribution in [-0.2, 0) is 9.59 Å². The summed E-state index contributed by atoms with van der Waals surface area (Å²) in [6.07, 6.45) is 1.86. The first-order valence-electron chi connectivity index (χ1n) is 8.71. The third kappa shape index (κ3) is 5.57. The van der Waals surface area contributed by atoms with Gasteiger partial charge >= 0.3 is 0 Å². The Morgan fingerprint density at radius 2 is 1.63 bits per heavy atom. The monoisotopic (exact) mass is 367 g/mol. The third-order valence-electron chi connectivity index (χ3n) is 4.07. The number of carbonyl (C=O) groups excluding carboxylic acids is 3. The van der Waals surface area contributed by atoms with Crippen molar-refractivity contribution < 1.29 is 19.1 Å². The number of benzene rings is 2. The Morgan fingerprint density at radius 1 is 0.963 bits per heavy atom. The smallest absolute Gasteiger partial charge is 0.276 e. The van der Waals surface area contributed by atoms with Crippen molar-refractivity contribution in [3.8, 4) is 5.75 Å². The number of hydrogen-bond acceptors (Lipinski definition) is 4. The Kier molecular flexibility index (Phi) is 5.71. The van der Waals surface area contributed by atoms with Crippen molar-refractivity contribution in [2.45, 2.75) is 19.8 Å². The van der Waals surface area contributed by atoms with Gasteiger partial charge in [0.25, 0.3) is 11.8 Å². The van der Waals surface area contributed by atoms with E-state index in [1.165, 1.54) is 0 Å². The summed E-state index contributed by atoms with van der Waals surface area (Å²) in [5, 5.41) is 2.80. The van der Waals surface area contributed by atoms with E-state index < -0.39 is 11.8 Å². The van der Waals surface area contributed by atoms with Crippen LogP contribution < -0.4 is 20.9 Å². The first kappa shape index (κ1) is 18.4. The molecule has 0 radical (unpaired) electrons. The number of carbonyl (C=O) groups is 3. The molecule has 0 unspecified atom stereocenters. The van der Waals surface area contributed by atoms with Gasteiger partial charge in [0.2, 0.25) is 5.91 Å². The van der Waals surface area contributed by atoms with Crippen LogP contribution >= 0.6 is 0 Å². The van der Waals surface area contributed by atoms with Gasteiger partial charge in [-0.3, -0.25) is 25.2 Å². The fourth-order valence-electron chi connectivity index (χ4n) is 2.31. The van der Waals surface area contributed by atoms with E-state index in [1.807, 2.05) is 19.1 Å². The molecule has 0 saturated heterocycles. The summed E-state index contributed by atoms with van der Waals surface area (Å²) in [5.41, 5.74) is 6.72. The van der Waals surface area contributed by atoms with E-state index in [1.54, 1.807) is 36.4 Å². The van der Waals surface area contributed by atoms with Gasteiger partial charge in [-0.15, -0.1) is 0 Å². The van der Waals surface area contributed by atoms with Gasteiger partial charge in [-0.2, -0.15) is 0 Å². The molecule has 2 aromatic rings. The summed E-state index contributed by atoms with van der Waals surface area (Å²) in [5.74, 6) is -0.236. The Hall–Kier alpha value is -3.35. The topological polar surface area (TPSA) is 96.5 Å². The number of amides is 3. The van der Waals surface area contributed by atoms with Gasteiger partial charge in [-0.1, -0.05) is 17.7 Å². The van der Waals surface area contributed by atoms with Crippen molar-refractivity contribution in [1.29, 1.82) is 0 Å². The Labute approximate surface area is 157 Å². The lowest BCUT2D eigenvalue weighted by Crippen LogP contribution is -2.43. The highest BCUT2D eigenvalue weighted by atomic mass is 16.5. The van der Waals surface area contributed by atoms with Crippen LogP contribution in [0.4, 0.5) is 5.69 Å². The lowest BCUT2D eigenvalue weighted by Gasteiger charge is -2.09. The van der Waals surface area contributed by atoms with Crippen LogP contribution in [0.2, 0.25) is 0 Å². The third-order valence-corrected chi connectivity index (χ3v) is 4.07. The highest BCUT2D eigenvalue weighted by molar-refractivity contribution is 5.97. The predicted octanol–water partition coefficient (Wildman–Crippen LogP) is 2.18. The number of ether oxygens (including phenoxy) is 1. The zero-order chi connectivity index (χ0) is 19.2. The second-order valence-electron chi connectivity index (χ2n) is 6.44. The number of anilines is 1. The van der Waals surface area contributed by atoms with E-state index in [2.05, 4.69) is 16.2 Å². The SMILES string of the molecule is Cc1ccc(OCC(=O)NNC(=O)c2ccc(NC(=O)C3CC3)cc2)cc1. The average Bonchev–Trinajstić information content (AvgIpc) is 3.51. The molecule has 3 rings (SSSR count). The Morgan fingerprint density at radius 3 is 2.26 bits per heavy atom. The number of aryl methyl sites for hydroxylation is 1. The van der Waals surface area contributed by atoms with Gasteiger partial charge < -0.3 is 10.1 Å². The molecule has 27 heavy (non-hydrogen) atoms. The minimum absolute atomic E-state index is 0.00745. The summed E-state index contributed by atoms with van der Waals surface area (Å²) in [6, 6.07) is 13.8. The van der Waals surface area contributed by atoms with Gasteiger partial charge in [0.1, 0.15) is 5.75 Å². The maximum atomic E-state index is 12.1. The van der Waals surface area contributed by atoms with E-state index in [0.717, 1.165) is 18.4 Å². The summed E-state index contributed by atoms with van der Waals surface area (Å²) in [6.45, 7) is 1.75. The maximum Gasteiger partial charge on any atom is 0.276 e. The van der Waals surface area contributed by atoms with Crippen LogP contribution in [-0.4, -0.2) is 24.3 Å². The predicted molar refractivity (Wildman–Crippen MR) is 100 cm³/mol. The molecule has 1 aliphatic rings. The van der Waals surface area contributed by atoms with Gasteiger partial charge in [-0.05, 0) is 56.2 Å². The molecule has 0 spiro atoms. The lowest BCUT2D eigenvalue weighted by atomic mass is 10.2. The molecular weight excluding hydrogens is 346 g/mol. The molecule has 1 fully saturated rings. The molecule has 0 atom stereocenters. The van der Waals surface area contributed by atoms with Gasteiger partial charge in [-0.25, -0.2) is 0 Å². The van der Waals surface area contributed by atoms with Crippen molar-refractivity contribution in [2.24, 2.45) is 5.92 Å². The molecular formula is C20H21N3O4. The lowest BCUT2D eigenvalue weighted by molar-refractivity contribution is -0.123. The van der Waals surface area contributed by atoms with E-state index >= 15 is 0 Å². The first-order valence-corrected chi connectivity index (χ1v) is 8.71. The van der Waals surface area contributed by atoms with Crippen LogP contribution in [0.25, 0.3) is 0 Å². The number of hydrazine groups is 1. The van der Waals surface area contributed by atoms with Crippen molar-refractivity contribution in [1.82, 2.24) is 10.9 Å². The van der Waals surface area contributed by atoms with Gasteiger partial charge in [0.05, 0.1) is 0 Å². The van der Waals surface area contributed by atoms with Crippen molar-refractivity contribution in [3.05, 3.63) is 59.7 Å². The molecule has 7 nitrogen and oxygen atoms in total. The van der Waals surface area contributed by atoms with Crippen LogP contribution in [0.1, 0.15) is 28.8 Å². The van der Waals surface area contributed by atoms with Gasteiger partial charge in [0, 0.05) is 17.2 Å². The number of nitrogens with one attached hydrogen (secondary N) is 3. The van der Waals surface area contributed by atoms with Crippen molar-refractivity contribution in [2.75, 3.05) is 11.9 Å². The van der Waals surface area contributed by atoms with E-state index in [0.29, 0.717) is 17.0 Å². The molecule has 7 heteroatoms. The highest BCUT2D eigenvalue weighted by Gasteiger charge is 2.29. The molecule has 1 saturated carbocycles. The quantitative estimate of drug-likeness (QED) is 0.682. The molecule has 3 amide bonds. The fraction of sp³-hybridized carbons (Fsp3) is 0.250. The molecule has 1 aliphatic carbocycles. The molecule has 0 aromatic heterocycles. The second kappa shape index (κ2) is 8.35. The zero-order valence-electron chi connectivity index (χ0n) is 15.0. The normalized spacial score (nSPS) is 12.8. The van der Waals surface area contributed by atoms with Crippen molar-refractivity contribution >= 4 is 23.4 Å². The molecule has 0 aliphatic heterocycles. The Bertz CT molecular complexity index is 827. The molecule has 3 N–H and O–H groups in total. The molecule has 140 valence electrons. The average molecular weight is 367 g/mol. The number of hydrogen-bond donors (Lipinski definition) is 3. The summed E-state index contributed by atoms with van der Waals surface area (Å²) >= 11 is 0. The van der Waals surface area contributed by atoms with E-state index in [-0.39, 0.29) is 18.4 Å². The van der Waals surface area contributed by atoms with E-state index in [4.69, 9.17) is 4.74 Å². The van der Waals surface area contributed by atoms with Crippen LogP contribution in [0, 0.1) is 12.8 Å². The number of rotatable bonds is 6. The summed E-state index contributed by atoms with van der Waals surface area (Å²) < 4.78 is 5.33. The zero-order valence-corrected chi connectivity index (χ0v) is 15.0. The second-order valence-corrected chi connectivity index (χ2v) is 6.44. The Balaban J connectivity index is 1.42. The fourth-order valence-corrected chi connectivity index (χ4v) is 2.31. The minimum atomic E-state index is -0.475. The van der Waals surface area contributed by atoms with E-state index in [9.17, 15) is 14.4 Å². The molecule has 0 heterocycles. The minimum Gasteiger partial charge on any atom is -0.484 e. The van der Waals surface area contributed by atoms with Crippen molar-refractivity contribution in [3.63, 3.8) is 0 Å². The summed E-state index contributed by atoms with van der Waals surface area (Å²) in [7, 11) is 0. The molecule has 0 bridgehead atoms. The van der Waals surface area contributed by atoms with Gasteiger partial charge in [0.15, 0.2) is 6.61 Å². The largest absolute Gasteiger partial charge is 0.484 e. The summed E-state index contributed by atoms with van der Waals surface area (Å²) in [4.78, 5) is 35.5.